The van der Waals surface area contributed by atoms with Crippen LogP contribution in [0.1, 0.15) is 40.0 Å². The van der Waals surface area contributed by atoms with E-state index in [0.717, 1.165) is 6.54 Å². The Balaban J connectivity index is 2.18. The third kappa shape index (κ3) is 5.36. The number of rotatable bonds is 7. The molecule has 0 radical (unpaired) electrons. The van der Waals surface area contributed by atoms with Gasteiger partial charge in [-0.25, -0.2) is 0 Å². The Morgan fingerprint density at radius 2 is 1.65 bits per heavy atom. The van der Waals surface area contributed by atoms with Gasteiger partial charge in [-0.1, -0.05) is 33.6 Å². The number of unbranched alkanes of at least 4 members (excludes halogenated alkanes) is 1. The van der Waals surface area contributed by atoms with Crippen LogP contribution >= 0.6 is 0 Å². The Morgan fingerprint density at radius 1 is 1.06 bits per heavy atom. The van der Waals surface area contributed by atoms with E-state index < -0.39 is 0 Å². The highest BCUT2D eigenvalue weighted by molar-refractivity contribution is 4.77. The first-order valence-electron chi connectivity index (χ1n) is 7.37. The van der Waals surface area contributed by atoms with Gasteiger partial charge >= 0.3 is 0 Å². The summed E-state index contributed by atoms with van der Waals surface area (Å²) in [6, 6.07) is 0.349. The Labute approximate surface area is 107 Å². The third-order valence-corrected chi connectivity index (χ3v) is 4.14. The zero-order chi connectivity index (χ0) is 12.7. The summed E-state index contributed by atoms with van der Waals surface area (Å²) in [5.41, 5.74) is 6.22. The molecule has 0 saturated carbocycles. The summed E-state index contributed by atoms with van der Waals surface area (Å²) in [4.78, 5) is 5.13. The second-order valence-electron chi connectivity index (χ2n) is 5.55. The zero-order valence-corrected chi connectivity index (χ0v) is 12.0. The molecule has 102 valence electrons. The summed E-state index contributed by atoms with van der Waals surface area (Å²) in [7, 11) is 0. The molecule has 0 aromatic heterocycles. The summed E-state index contributed by atoms with van der Waals surface area (Å²) in [5, 5.41) is 0. The lowest BCUT2D eigenvalue weighted by molar-refractivity contribution is 0.120. The van der Waals surface area contributed by atoms with Gasteiger partial charge in [0.15, 0.2) is 0 Å². The van der Waals surface area contributed by atoms with Crippen LogP contribution in [-0.2, 0) is 0 Å². The molecule has 1 aliphatic heterocycles. The first-order valence-corrected chi connectivity index (χ1v) is 7.37. The fourth-order valence-corrected chi connectivity index (χ4v) is 2.36. The Hall–Kier alpha value is -0.120. The van der Waals surface area contributed by atoms with Crippen molar-refractivity contribution in [1.82, 2.24) is 9.80 Å². The second-order valence-corrected chi connectivity index (χ2v) is 5.55. The van der Waals surface area contributed by atoms with Gasteiger partial charge in [-0.3, -0.25) is 4.90 Å². The molecule has 1 fully saturated rings. The van der Waals surface area contributed by atoms with E-state index in [4.69, 9.17) is 5.73 Å². The van der Waals surface area contributed by atoms with Gasteiger partial charge in [-0.05, 0) is 18.9 Å². The summed E-state index contributed by atoms with van der Waals surface area (Å²) in [6.07, 6.45) is 3.84. The first kappa shape index (κ1) is 14.9. The fraction of sp³-hybridized carbons (Fsp3) is 1.00. The number of hydrogen-bond donors (Lipinski definition) is 1. The molecule has 3 heteroatoms. The van der Waals surface area contributed by atoms with E-state index in [0.29, 0.717) is 12.0 Å². The van der Waals surface area contributed by atoms with Gasteiger partial charge in [0.2, 0.25) is 0 Å². The van der Waals surface area contributed by atoms with Crippen molar-refractivity contribution in [2.45, 2.75) is 46.1 Å². The molecule has 0 amide bonds. The average Bonchev–Trinajstić information content (AvgIpc) is 2.37. The average molecular weight is 241 g/mol. The molecule has 0 aromatic rings. The summed E-state index contributed by atoms with van der Waals surface area (Å²) in [5.74, 6) is 0.646. The normalized spacial score (nSPS) is 22.6. The van der Waals surface area contributed by atoms with E-state index in [1.807, 2.05) is 0 Å². The molecule has 0 spiro atoms. The molecule has 3 nitrogen and oxygen atoms in total. The van der Waals surface area contributed by atoms with Gasteiger partial charge in [-0.2, -0.15) is 0 Å². The van der Waals surface area contributed by atoms with Crippen molar-refractivity contribution in [2.75, 3.05) is 39.3 Å². The zero-order valence-electron chi connectivity index (χ0n) is 12.0. The molecule has 0 unspecified atom stereocenters. The Bertz CT molecular complexity index is 188. The Kier molecular flexibility index (Phi) is 7.09. The maximum absolute atomic E-state index is 6.22. The minimum absolute atomic E-state index is 0.349. The summed E-state index contributed by atoms with van der Waals surface area (Å²) >= 11 is 0. The molecule has 0 bridgehead atoms. The molecule has 2 N–H and O–H groups in total. The molecule has 2 atom stereocenters. The van der Waals surface area contributed by atoms with E-state index in [2.05, 4.69) is 30.6 Å². The highest BCUT2D eigenvalue weighted by atomic mass is 15.3. The summed E-state index contributed by atoms with van der Waals surface area (Å²) < 4.78 is 0. The van der Waals surface area contributed by atoms with E-state index in [-0.39, 0.29) is 0 Å². The van der Waals surface area contributed by atoms with E-state index >= 15 is 0 Å². The fourth-order valence-electron chi connectivity index (χ4n) is 2.36. The van der Waals surface area contributed by atoms with Crippen LogP contribution in [-0.4, -0.2) is 55.1 Å². The lowest BCUT2D eigenvalue weighted by atomic mass is 9.99. The number of nitrogens with zero attached hydrogens (tertiary/aromatic N) is 2. The SMILES string of the molecule is CCCCN1CCN(C[C@@H](N)[C@H](C)CC)CC1. The third-order valence-electron chi connectivity index (χ3n) is 4.14. The van der Waals surface area contributed by atoms with Gasteiger partial charge in [0, 0.05) is 38.8 Å². The predicted octanol–water partition coefficient (Wildman–Crippen LogP) is 1.78. The van der Waals surface area contributed by atoms with Crippen molar-refractivity contribution < 1.29 is 0 Å². The number of nitrogens with two attached hydrogens (primary N) is 1. The molecular formula is C14H31N3. The maximum Gasteiger partial charge on any atom is 0.0193 e. The van der Waals surface area contributed by atoms with Crippen LogP contribution in [0.3, 0.4) is 0 Å². The molecular weight excluding hydrogens is 210 g/mol. The smallest absolute Gasteiger partial charge is 0.0193 e. The van der Waals surface area contributed by atoms with Gasteiger partial charge in [0.05, 0.1) is 0 Å². The minimum Gasteiger partial charge on any atom is -0.326 e. The van der Waals surface area contributed by atoms with Gasteiger partial charge in [0.25, 0.3) is 0 Å². The van der Waals surface area contributed by atoms with Crippen molar-refractivity contribution in [2.24, 2.45) is 11.7 Å². The van der Waals surface area contributed by atoms with Crippen LogP contribution in [0, 0.1) is 5.92 Å². The number of hydrogen-bond acceptors (Lipinski definition) is 3. The monoisotopic (exact) mass is 241 g/mol. The molecule has 1 saturated heterocycles. The highest BCUT2D eigenvalue weighted by Gasteiger charge is 2.20. The topological polar surface area (TPSA) is 32.5 Å². The standard InChI is InChI=1S/C14H31N3/c1-4-6-7-16-8-10-17(11-9-16)12-14(15)13(3)5-2/h13-14H,4-12,15H2,1-3H3/t13-,14-/m1/s1. The van der Waals surface area contributed by atoms with Gasteiger partial charge < -0.3 is 10.6 Å². The lowest BCUT2D eigenvalue weighted by Gasteiger charge is -2.36. The maximum atomic E-state index is 6.22. The molecule has 1 aliphatic rings. The van der Waals surface area contributed by atoms with Crippen molar-refractivity contribution >= 4 is 0 Å². The highest BCUT2D eigenvalue weighted by Crippen LogP contribution is 2.09. The van der Waals surface area contributed by atoms with Gasteiger partial charge in [0.1, 0.15) is 0 Å². The number of piperazine rings is 1. The minimum atomic E-state index is 0.349. The lowest BCUT2D eigenvalue weighted by Crippen LogP contribution is -2.51. The quantitative estimate of drug-likeness (QED) is 0.737. The van der Waals surface area contributed by atoms with E-state index in [9.17, 15) is 0 Å². The van der Waals surface area contributed by atoms with Crippen molar-refractivity contribution in [3.63, 3.8) is 0 Å². The van der Waals surface area contributed by atoms with Crippen molar-refractivity contribution in [3.8, 4) is 0 Å². The molecule has 17 heavy (non-hydrogen) atoms. The van der Waals surface area contributed by atoms with Crippen LogP contribution in [0.5, 0.6) is 0 Å². The van der Waals surface area contributed by atoms with E-state index in [1.54, 1.807) is 0 Å². The first-order chi connectivity index (χ1) is 8.17. The Morgan fingerprint density at radius 3 is 2.18 bits per heavy atom. The van der Waals surface area contributed by atoms with Crippen LogP contribution in [0.15, 0.2) is 0 Å². The van der Waals surface area contributed by atoms with Crippen molar-refractivity contribution in [1.29, 1.82) is 0 Å². The van der Waals surface area contributed by atoms with E-state index in [1.165, 1.54) is 52.0 Å². The molecule has 0 aliphatic carbocycles. The largest absolute Gasteiger partial charge is 0.326 e. The van der Waals surface area contributed by atoms with Gasteiger partial charge in [-0.15, -0.1) is 0 Å². The molecule has 1 rings (SSSR count). The summed E-state index contributed by atoms with van der Waals surface area (Å²) in [6.45, 7) is 14.0. The molecule has 1 heterocycles. The van der Waals surface area contributed by atoms with Crippen molar-refractivity contribution in [3.05, 3.63) is 0 Å². The van der Waals surface area contributed by atoms with Crippen LogP contribution in [0.4, 0.5) is 0 Å². The van der Waals surface area contributed by atoms with Crippen LogP contribution < -0.4 is 5.73 Å². The molecule has 0 aromatic carbocycles. The predicted molar refractivity (Wildman–Crippen MR) is 75.2 cm³/mol. The van der Waals surface area contributed by atoms with Crippen LogP contribution in [0.2, 0.25) is 0 Å². The van der Waals surface area contributed by atoms with Crippen LogP contribution in [0.25, 0.3) is 0 Å². The second kappa shape index (κ2) is 8.06.